The third kappa shape index (κ3) is 14.3. The molecular weight excluding hydrogens is 392 g/mol. The SMILES string of the molecule is CCCCCC/C=C/CCCCCCCCCCCCO[C@H]1[C@@H]([C@H](O)CO)OC[C@@H]1O. The first-order valence-corrected chi connectivity index (χ1v) is 13.1. The van der Waals surface area contributed by atoms with Crippen molar-refractivity contribution in [1.29, 1.82) is 0 Å². The molecule has 3 N–H and O–H groups in total. The molecule has 0 radical (unpaired) electrons. The van der Waals surface area contributed by atoms with Crippen molar-refractivity contribution in [1.82, 2.24) is 0 Å². The number of aliphatic hydroxyl groups is 3. The number of hydrogen-bond acceptors (Lipinski definition) is 5. The molecule has 0 bridgehead atoms. The minimum atomic E-state index is -1.00. The van der Waals surface area contributed by atoms with E-state index in [1.807, 2.05) is 0 Å². The van der Waals surface area contributed by atoms with Crippen LogP contribution in [-0.4, -0.2) is 59.6 Å². The van der Waals surface area contributed by atoms with Crippen LogP contribution in [0.1, 0.15) is 110 Å². The summed E-state index contributed by atoms with van der Waals surface area (Å²) in [6.45, 7) is 2.60. The van der Waals surface area contributed by atoms with E-state index in [0.717, 1.165) is 12.8 Å². The Morgan fingerprint density at radius 2 is 1.35 bits per heavy atom. The van der Waals surface area contributed by atoms with E-state index in [1.165, 1.54) is 89.9 Å². The van der Waals surface area contributed by atoms with Gasteiger partial charge in [0, 0.05) is 6.61 Å². The summed E-state index contributed by atoms with van der Waals surface area (Å²) in [4.78, 5) is 0. The van der Waals surface area contributed by atoms with Gasteiger partial charge in [-0.15, -0.1) is 0 Å². The van der Waals surface area contributed by atoms with Crippen LogP contribution in [0, 0.1) is 0 Å². The summed E-state index contributed by atoms with van der Waals surface area (Å²) in [5.41, 5.74) is 0. The minimum Gasteiger partial charge on any atom is -0.394 e. The van der Waals surface area contributed by atoms with Crippen LogP contribution >= 0.6 is 0 Å². The van der Waals surface area contributed by atoms with Gasteiger partial charge in [-0.3, -0.25) is 0 Å². The molecule has 0 unspecified atom stereocenters. The highest BCUT2D eigenvalue weighted by Crippen LogP contribution is 2.21. The molecule has 4 atom stereocenters. The topological polar surface area (TPSA) is 79.2 Å². The fourth-order valence-corrected chi connectivity index (χ4v) is 4.18. The average molecular weight is 443 g/mol. The second-order valence-corrected chi connectivity index (χ2v) is 9.10. The molecule has 1 aliphatic rings. The molecule has 0 aromatic carbocycles. The van der Waals surface area contributed by atoms with Crippen LogP contribution in [0.4, 0.5) is 0 Å². The second kappa shape index (κ2) is 20.2. The van der Waals surface area contributed by atoms with Crippen molar-refractivity contribution in [3.05, 3.63) is 12.2 Å². The number of ether oxygens (including phenoxy) is 2. The molecule has 0 saturated carbocycles. The van der Waals surface area contributed by atoms with E-state index < -0.39 is 24.4 Å². The molecule has 1 rings (SSSR count). The van der Waals surface area contributed by atoms with E-state index in [1.54, 1.807) is 0 Å². The molecule has 1 saturated heterocycles. The van der Waals surface area contributed by atoms with Gasteiger partial charge in [-0.25, -0.2) is 0 Å². The maximum atomic E-state index is 9.91. The monoisotopic (exact) mass is 442 g/mol. The Morgan fingerprint density at radius 3 is 1.90 bits per heavy atom. The van der Waals surface area contributed by atoms with Crippen LogP contribution in [-0.2, 0) is 9.47 Å². The zero-order chi connectivity index (χ0) is 22.6. The van der Waals surface area contributed by atoms with Crippen LogP contribution in [0.5, 0.6) is 0 Å². The van der Waals surface area contributed by atoms with E-state index >= 15 is 0 Å². The van der Waals surface area contributed by atoms with E-state index in [0.29, 0.717) is 6.61 Å². The summed E-state index contributed by atoms with van der Waals surface area (Å²) < 4.78 is 11.1. The zero-order valence-electron chi connectivity index (χ0n) is 20.1. The predicted molar refractivity (Wildman–Crippen MR) is 127 cm³/mol. The van der Waals surface area contributed by atoms with Crippen molar-refractivity contribution in [2.45, 2.75) is 134 Å². The molecule has 0 spiro atoms. The van der Waals surface area contributed by atoms with Crippen molar-refractivity contribution in [2.75, 3.05) is 19.8 Å². The Kier molecular flexibility index (Phi) is 18.6. The number of allylic oxidation sites excluding steroid dienone is 2. The van der Waals surface area contributed by atoms with Gasteiger partial charge in [-0.1, -0.05) is 89.7 Å². The lowest BCUT2D eigenvalue weighted by atomic mass is 10.1. The van der Waals surface area contributed by atoms with E-state index in [9.17, 15) is 10.2 Å². The first kappa shape index (κ1) is 28.6. The Labute approximate surface area is 191 Å². The molecule has 31 heavy (non-hydrogen) atoms. The number of aliphatic hydroxyl groups excluding tert-OH is 3. The summed E-state index contributed by atoms with van der Waals surface area (Å²) >= 11 is 0. The number of unbranched alkanes of at least 4 members (excludes halogenated alkanes) is 14. The predicted octanol–water partition coefficient (Wildman–Crippen LogP) is 5.30. The zero-order valence-corrected chi connectivity index (χ0v) is 20.1. The summed E-state index contributed by atoms with van der Waals surface area (Å²) in [5, 5.41) is 28.7. The molecule has 5 nitrogen and oxygen atoms in total. The quantitative estimate of drug-likeness (QED) is 0.166. The molecular formula is C26H50O5. The van der Waals surface area contributed by atoms with Gasteiger partial charge in [-0.2, -0.15) is 0 Å². The van der Waals surface area contributed by atoms with Crippen LogP contribution in [0.3, 0.4) is 0 Å². The summed E-state index contributed by atoms with van der Waals surface area (Å²) in [5.74, 6) is 0. The highest BCUT2D eigenvalue weighted by Gasteiger charge is 2.40. The molecule has 1 fully saturated rings. The summed E-state index contributed by atoms with van der Waals surface area (Å²) in [6, 6.07) is 0. The van der Waals surface area contributed by atoms with Gasteiger partial charge in [0.25, 0.3) is 0 Å². The van der Waals surface area contributed by atoms with E-state index in [-0.39, 0.29) is 13.2 Å². The summed E-state index contributed by atoms with van der Waals surface area (Å²) in [6.07, 6.45) is 22.5. The highest BCUT2D eigenvalue weighted by molar-refractivity contribution is 4.89. The third-order valence-electron chi connectivity index (χ3n) is 6.20. The molecule has 0 aliphatic carbocycles. The van der Waals surface area contributed by atoms with Gasteiger partial charge >= 0.3 is 0 Å². The maximum absolute atomic E-state index is 9.91. The fraction of sp³-hybridized carbons (Fsp3) is 0.923. The molecule has 0 aromatic heterocycles. The fourth-order valence-electron chi connectivity index (χ4n) is 4.18. The lowest BCUT2D eigenvalue weighted by molar-refractivity contribution is -0.0938. The first-order valence-electron chi connectivity index (χ1n) is 13.1. The molecule has 1 aliphatic heterocycles. The van der Waals surface area contributed by atoms with Gasteiger partial charge in [0.15, 0.2) is 0 Å². The lowest BCUT2D eigenvalue weighted by Crippen LogP contribution is -2.42. The van der Waals surface area contributed by atoms with Gasteiger partial charge in [-0.05, 0) is 32.1 Å². The van der Waals surface area contributed by atoms with Gasteiger partial charge in [0.05, 0.1) is 13.2 Å². The van der Waals surface area contributed by atoms with E-state index in [4.69, 9.17) is 14.6 Å². The molecule has 184 valence electrons. The van der Waals surface area contributed by atoms with Crippen LogP contribution < -0.4 is 0 Å². The van der Waals surface area contributed by atoms with Gasteiger partial charge in [0.2, 0.25) is 0 Å². The van der Waals surface area contributed by atoms with Crippen LogP contribution in [0.15, 0.2) is 12.2 Å². The number of hydrogen-bond donors (Lipinski definition) is 3. The molecule has 5 heteroatoms. The van der Waals surface area contributed by atoms with Crippen molar-refractivity contribution in [2.24, 2.45) is 0 Å². The molecule has 0 amide bonds. The highest BCUT2D eigenvalue weighted by atomic mass is 16.6. The standard InChI is InChI=1S/C26H50O5/c1-2-3-4-5-6-7-8-9-10-11-12-13-14-15-16-17-18-19-20-30-26-24(29)22-31-25(26)23(28)21-27/h7-8,23-29H,2-6,9-22H2,1H3/b8-7+/t23-,24+,25-,26-/m1/s1. The van der Waals surface area contributed by atoms with Crippen molar-refractivity contribution >= 4 is 0 Å². The second-order valence-electron chi connectivity index (χ2n) is 9.10. The van der Waals surface area contributed by atoms with E-state index in [2.05, 4.69) is 19.1 Å². The molecule has 0 aromatic rings. The Hall–Kier alpha value is -0.460. The Balaban J connectivity index is 1.82. The summed E-state index contributed by atoms with van der Waals surface area (Å²) in [7, 11) is 0. The van der Waals surface area contributed by atoms with Gasteiger partial charge < -0.3 is 24.8 Å². The Morgan fingerprint density at radius 1 is 0.839 bits per heavy atom. The third-order valence-corrected chi connectivity index (χ3v) is 6.20. The first-order chi connectivity index (χ1) is 15.2. The van der Waals surface area contributed by atoms with Crippen molar-refractivity contribution < 1.29 is 24.8 Å². The largest absolute Gasteiger partial charge is 0.394 e. The lowest BCUT2D eigenvalue weighted by Gasteiger charge is -2.23. The Bertz CT molecular complexity index is 415. The van der Waals surface area contributed by atoms with Crippen LogP contribution in [0.25, 0.3) is 0 Å². The number of rotatable bonds is 21. The smallest absolute Gasteiger partial charge is 0.114 e. The minimum absolute atomic E-state index is 0.155. The van der Waals surface area contributed by atoms with Crippen LogP contribution in [0.2, 0.25) is 0 Å². The van der Waals surface area contributed by atoms with Gasteiger partial charge in [0.1, 0.15) is 24.4 Å². The van der Waals surface area contributed by atoms with Crippen molar-refractivity contribution in [3.63, 3.8) is 0 Å². The maximum Gasteiger partial charge on any atom is 0.114 e. The normalized spacial score (nSPS) is 22.5. The average Bonchev–Trinajstić information content (AvgIpc) is 3.15. The van der Waals surface area contributed by atoms with Crippen molar-refractivity contribution in [3.8, 4) is 0 Å². The molecule has 1 heterocycles.